The van der Waals surface area contributed by atoms with Crippen LogP contribution in [-0.4, -0.2) is 16.9 Å². The summed E-state index contributed by atoms with van der Waals surface area (Å²) in [6.07, 6.45) is 3.35. The maximum absolute atomic E-state index is 5.30. The van der Waals surface area contributed by atoms with Crippen molar-refractivity contribution >= 4 is 28.9 Å². The van der Waals surface area contributed by atoms with Crippen molar-refractivity contribution in [1.82, 2.24) is 4.68 Å². The van der Waals surface area contributed by atoms with Gasteiger partial charge in [-0.1, -0.05) is 6.07 Å². The molecule has 0 aliphatic rings. The van der Waals surface area contributed by atoms with Gasteiger partial charge in [0, 0.05) is 11.4 Å². The molecule has 0 atom stereocenters. The average molecular weight is 317 g/mol. The van der Waals surface area contributed by atoms with Crippen molar-refractivity contribution in [2.45, 2.75) is 19.9 Å². The van der Waals surface area contributed by atoms with E-state index in [-0.39, 0.29) is 6.04 Å². The molecule has 0 bridgehead atoms. The van der Waals surface area contributed by atoms with E-state index < -0.39 is 0 Å². The highest BCUT2D eigenvalue weighted by atomic mass is 32.1. The van der Waals surface area contributed by atoms with Crippen LogP contribution in [0.3, 0.4) is 0 Å². The number of hydrogen-bond donors (Lipinski definition) is 0. The summed E-state index contributed by atoms with van der Waals surface area (Å²) in [6.45, 7) is 4.12. The molecule has 0 radical (unpaired) electrons. The van der Waals surface area contributed by atoms with E-state index in [1.165, 1.54) is 4.88 Å². The Morgan fingerprint density at radius 2 is 2.14 bits per heavy atom. The molecule has 3 rings (SSSR count). The van der Waals surface area contributed by atoms with Crippen LogP contribution in [0, 0.1) is 0 Å². The molecule has 21 heavy (non-hydrogen) atoms. The van der Waals surface area contributed by atoms with Crippen LogP contribution in [0.2, 0.25) is 0 Å². The van der Waals surface area contributed by atoms with Crippen LogP contribution >= 0.6 is 22.7 Å². The summed E-state index contributed by atoms with van der Waals surface area (Å²) < 4.78 is 7.17. The molecule has 0 amide bonds. The van der Waals surface area contributed by atoms with Gasteiger partial charge in [-0.2, -0.15) is 5.10 Å². The van der Waals surface area contributed by atoms with Gasteiger partial charge in [-0.05, 0) is 37.4 Å². The number of rotatable bonds is 4. The Morgan fingerprint density at radius 1 is 1.24 bits per heavy atom. The van der Waals surface area contributed by atoms with Crippen LogP contribution in [0.5, 0.6) is 0 Å². The quantitative estimate of drug-likeness (QED) is 0.669. The standard InChI is InChI=1S/C15H15N3OS2/c1-11(2)17-15-18(16-9-12-5-3-7-19-12)13(10-21-15)14-6-4-8-20-14/h3-11H,1-2H3. The zero-order valence-corrected chi connectivity index (χ0v) is 13.4. The van der Waals surface area contributed by atoms with E-state index in [0.29, 0.717) is 0 Å². The molecule has 0 aromatic carbocycles. The van der Waals surface area contributed by atoms with E-state index in [0.717, 1.165) is 16.3 Å². The number of thiazole rings is 1. The lowest BCUT2D eigenvalue weighted by molar-refractivity contribution is 0.559. The van der Waals surface area contributed by atoms with Gasteiger partial charge in [-0.15, -0.1) is 22.7 Å². The minimum atomic E-state index is 0.227. The van der Waals surface area contributed by atoms with Crippen molar-refractivity contribution in [2.24, 2.45) is 10.1 Å². The first-order valence-corrected chi connectivity index (χ1v) is 8.36. The molecule has 6 heteroatoms. The zero-order chi connectivity index (χ0) is 14.7. The summed E-state index contributed by atoms with van der Waals surface area (Å²) >= 11 is 3.29. The SMILES string of the molecule is CC(C)N=c1scc(-c2cccs2)n1N=Cc1ccco1. The Hall–Kier alpha value is -1.92. The van der Waals surface area contributed by atoms with Gasteiger partial charge in [0.1, 0.15) is 5.76 Å². The largest absolute Gasteiger partial charge is 0.463 e. The zero-order valence-electron chi connectivity index (χ0n) is 11.8. The van der Waals surface area contributed by atoms with Gasteiger partial charge in [-0.3, -0.25) is 4.99 Å². The average Bonchev–Trinajstić information content (AvgIpc) is 3.18. The number of nitrogens with zero attached hydrogens (tertiary/aromatic N) is 3. The molecule has 3 aromatic heterocycles. The lowest BCUT2D eigenvalue weighted by Crippen LogP contribution is -2.14. The van der Waals surface area contributed by atoms with E-state index in [1.54, 1.807) is 35.2 Å². The van der Waals surface area contributed by atoms with E-state index in [2.05, 4.69) is 40.8 Å². The maximum Gasteiger partial charge on any atom is 0.206 e. The fourth-order valence-corrected chi connectivity index (χ4v) is 3.56. The van der Waals surface area contributed by atoms with Gasteiger partial charge >= 0.3 is 0 Å². The Bertz CT molecular complexity index is 777. The van der Waals surface area contributed by atoms with E-state index in [9.17, 15) is 0 Å². The molecular formula is C15H15N3OS2. The fraction of sp³-hybridized carbons (Fsp3) is 0.200. The fourth-order valence-electron chi connectivity index (χ4n) is 1.80. The minimum absolute atomic E-state index is 0.227. The van der Waals surface area contributed by atoms with Crippen LogP contribution < -0.4 is 4.80 Å². The lowest BCUT2D eigenvalue weighted by atomic mass is 10.4. The van der Waals surface area contributed by atoms with Gasteiger partial charge in [0.05, 0.1) is 23.0 Å². The van der Waals surface area contributed by atoms with Crippen molar-refractivity contribution in [3.05, 3.63) is 51.9 Å². The van der Waals surface area contributed by atoms with Crippen molar-refractivity contribution in [2.75, 3.05) is 0 Å². The predicted octanol–water partition coefficient (Wildman–Crippen LogP) is 4.06. The Labute approximate surface area is 130 Å². The number of thiophene rings is 1. The number of hydrogen-bond acceptors (Lipinski definition) is 5. The summed E-state index contributed by atoms with van der Waals surface area (Å²) in [4.78, 5) is 6.69. The molecule has 4 nitrogen and oxygen atoms in total. The normalized spacial score (nSPS) is 12.8. The van der Waals surface area contributed by atoms with Crippen LogP contribution in [0.1, 0.15) is 19.6 Å². The smallest absolute Gasteiger partial charge is 0.206 e. The van der Waals surface area contributed by atoms with E-state index in [1.807, 2.05) is 22.9 Å². The van der Waals surface area contributed by atoms with E-state index >= 15 is 0 Å². The number of aromatic nitrogens is 1. The summed E-state index contributed by atoms with van der Waals surface area (Å²) in [7, 11) is 0. The van der Waals surface area contributed by atoms with Gasteiger partial charge in [0.2, 0.25) is 4.80 Å². The third kappa shape index (κ3) is 3.22. The molecular weight excluding hydrogens is 302 g/mol. The maximum atomic E-state index is 5.30. The topological polar surface area (TPSA) is 42.8 Å². The molecule has 0 N–H and O–H groups in total. The molecule has 3 heterocycles. The van der Waals surface area contributed by atoms with Crippen molar-refractivity contribution in [3.8, 4) is 10.6 Å². The van der Waals surface area contributed by atoms with Crippen LogP contribution in [0.25, 0.3) is 10.6 Å². The summed E-state index contributed by atoms with van der Waals surface area (Å²) in [5, 5.41) is 8.69. The third-order valence-electron chi connectivity index (χ3n) is 2.67. The molecule has 0 spiro atoms. The van der Waals surface area contributed by atoms with Crippen LogP contribution in [-0.2, 0) is 0 Å². The molecule has 3 aromatic rings. The Balaban J connectivity index is 2.08. The highest BCUT2D eigenvalue weighted by Gasteiger charge is 2.08. The summed E-state index contributed by atoms with van der Waals surface area (Å²) in [5.74, 6) is 0.723. The first-order chi connectivity index (χ1) is 10.2. The van der Waals surface area contributed by atoms with Gasteiger partial charge in [0.15, 0.2) is 0 Å². The third-order valence-corrected chi connectivity index (χ3v) is 4.39. The lowest BCUT2D eigenvalue weighted by Gasteiger charge is -2.01. The minimum Gasteiger partial charge on any atom is -0.463 e. The molecule has 0 unspecified atom stereocenters. The molecule has 0 saturated heterocycles. The first kappa shape index (κ1) is 14.0. The molecule has 0 saturated carbocycles. The molecule has 0 aliphatic heterocycles. The second-order valence-electron chi connectivity index (χ2n) is 4.68. The summed E-state index contributed by atoms with van der Waals surface area (Å²) in [6, 6.07) is 8.08. The Kier molecular flexibility index (Phi) is 4.17. The highest BCUT2D eigenvalue weighted by molar-refractivity contribution is 7.14. The van der Waals surface area contributed by atoms with Gasteiger partial charge in [0.25, 0.3) is 0 Å². The van der Waals surface area contributed by atoms with Crippen LogP contribution in [0.15, 0.2) is 55.8 Å². The van der Waals surface area contributed by atoms with Crippen molar-refractivity contribution in [1.29, 1.82) is 0 Å². The summed E-state index contributed by atoms with van der Waals surface area (Å²) in [5.41, 5.74) is 1.05. The van der Waals surface area contributed by atoms with Gasteiger partial charge in [-0.25, -0.2) is 4.68 Å². The first-order valence-electron chi connectivity index (χ1n) is 6.60. The second-order valence-corrected chi connectivity index (χ2v) is 6.46. The number of furan rings is 1. The molecule has 0 aliphatic carbocycles. The van der Waals surface area contributed by atoms with Gasteiger partial charge < -0.3 is 4.42 Å². The molecule has 108 valence electrons. The Morgan fingerprint density at radius 3 is 2.81 bits per heavy atom. The molecule has 0 fully saturated rings. The van der Waals surface area contributed by atoms with E-state index in [4.69, 9.17) is 4.42 Å². The monoisotopic (exact) mass is 317 g/mol. The highest BCUT2D eigenvalue weighted by Crippen LogP contribution is 2.25. The van der Waals surface area contributed by atoms with Crippen molar-refractivity contribution in [3.63, 3.8) is 0 Å². The predicted molar refractivity (Wildman–Crippen MR) is 88.0 cm³/mol. The second kappa shape index (κ2) is 6.24. The van der Waals surface area contributed by atoms with Crippen molar-refractivity contribution < 1.29 is 4.42 Å². The van der Waals surface area contributed by atoms with Crippen LogP contribution in [0.4, 0.5) is 0 Å².